The van der Waals surface area contributed by atoms with E-state index in [9.17, 15) is 16.8 Å². The molecule has 0 bridgehead atoms. The van der Waals surface area contributed by atoms with Gasteiger partial charge in [-0.15, -0.1) is 0 Å². The molecule has 0 aliphatic carbocycles. The molecule has 162 valence electrons. The van der Waals surface area contributed by atoms with Gasteiger partial charge in [0.2, 0.25) is 0 Å². The highest BCUT2D eigenvalue weighted by atomic mass is 32.2. The van der Waals surface area contributed by atoms with Crippen LogP contribution in [0.4, 0.5) is 5.69 Å². The summed E-state index contributed by atoms with van der Waals surface area (Å²) < 4.78 is 53.0. The number of rotatable bonds is 7. The summed E-state index contributed by atoms with van der Waals surface area (Å²) in [6, 6.07) is 19.5. The first-order valence-electron chi connectivity index (χ1n) is 9.40. The first-order valence-corrected chi connectivity index (χ1v) is 12.4. The van der Waals surface area contributed by atoms with Crippen molar-refractivity contribution in [3.8, 4) is 0 Å². The lowest BCUT2D eigenvalue weighted by Gasteiger charge is -2.13. The number of anilines is 1. The van der Waals surface area contributed by atoms with Crippen LogP contribution in [0.5, 0.6) is 0 Å². The molecule has 0 saturated carbocycles. The number of nitrogens with one attached hydrogen (secondary N) is 2. The number of benzene rings is 3. The Kier molecular flexibility index (Phi) is 6.47. The Balaban J connectivity index is 1.86. The first-order chi connectivity index (χ1) is 14.6. The lowest BCUT2D eigenvalue weighted by molar-refractivity contribution is 0.584. The number of hydrazone groups is 1. The van der Waals surface area contributed by atoms with Crippen LogP contribution < -0.4 is 9.55 Å². The maximum absolute atomic E-state index is 12.8. The topological polar surface area (TPSA) is 105 Å². The van der Waals surface area contributed by atoms with Crippen molar-refractivity contribution in [2.75, 3.05) is 4.72 Å². The summed E-state index contributed by atoms with van der Waals surface area (Å²) in [6.45, 7) is 5.33. The van der Waals surface area contributed by atoms with Crippen LogP contribution in [-0.4, -0.2) is 22.5 Å². The standard InChI is InChI=1S/C22H23N3O4S2/c1-16-8-12-19(13-9-16)30(26,27)24-22-7-5-4-6-21(22)18(3)23-25-31(28,29)20-14-10-17(2)11-15-20/h4-15,24-25H,1-3H3/b23-18+. The lowest BCUT2D eigenvalue weighted by Crippen LogP contribution is -2.21. The zero-order valence-electron chi connectivity index (χ0n) is 17.3. The van der Waals surface area contributed by atoms with Crippen molar-refractivity contribution in [1.29, 1.82) is 0 Å². The maximum atomic E-state index is 12.8. The van der Waals surface area contributed by atoms with Gasteiger partial charge in [-0.25, -0.2) is 8.42 Å². The van der Waals surface area contributed by atoms with Gasteiger partial charge in [-0.2, -0.15) is 18.4 Å². The van der Waals surface area contributed by atoms with E-state index in [0.717, 1.165) is 11.1 Å². The summed E-state index contributed by atoms with van der Waals surface area (Å²) in [5.74, 6) is 0. The molecule has 3 rings (SSSR count). The maximum Gasteiger partial charge on any atom is 0.276 e. The van der Waals surface area contributed by atoms with E-state index in [0.29, 0.717) is 17.0 Å². The molecule has 0 amide bonds. The van der Waals surface area contributed by atoms with E-state index >= 15 is 0 Å². The fraction of sp³-hybridized carbons (Fsp3) is 0.136. The molecule has 0 heterocycles. The minimum absolute atomic E-state index is 0.0861. The zero-order chi connectivity index (χ0) is 22.6. The minimum Gasteiger partial charge on any atom is -0.279 e. The Hall–Kier alpha value is -3.17. The molecule has 0 radical (unpaired) electrons. The average molecular weight is 458 g/mol. The molecule has 3 aromatic rings. The van der Waals surface area contributed by atoms with Crippen LogP contribution in [0.2, 0.25) is 0 Å². The van der Waals surface area contributed by atoms with E-state index in [2.05, 4.69) is 14.7 Å². The molecular weight excluding hydrogens is 434 g/mol. The molecule has 0 atom stereocenters. The van der Waals surface area contributed by atoms with Crippen LogP contribution in [0.1, 0.15) is 23.6 Å². The Morgan fingerprint density at radius 3 is 1.74 bits per heavy atom. The van der Waals surface area contributed by atoms with Gasteiger partial charge in [0.1, 0.15) is 0 Å². The van der Waals surface area contributed by atoms with Crippen LogP contribution >= 0.6 is 0 Å². The molecule has 0 unspecified atom stereocenters. The predicted molar refractivity (Wildman–Crippen MR) is 122 cm³/mol. The molecule has 0 saturated heterocycles. The van der Waals surface area contributed by atoms with Gasteiger partial charge >= 0.3 is 0 Å². The number of hydrogen-bond donors (Lipinski definition) is 2. The second kappa shape index (κ2) is 8.91. The third kappa shape index (κ3) is 5.50. The number of sulfonamides is 2. The molecule has 7 nitrogen and oxygen atoms in total. The smallest absolute Gasteiger partial charge is 0.276 e. The van der Waals surface area contributed by atoms with Gasteiger partial charge < -0.3 is 0 Å². The van der Waals surface area contributed by atoms with Crippen LogP contribution in [-0.2, 0) is 20.0 Å². The zero-order valence-corrected chi connectivity index (χ0v) is 19.0. The Labute approximate surface area is 182 Å². The SMILES string of the molecule is C/C(=N\NS(=O)(=O)c1ccc(C)cc1)c1ccccc1NS(=O)(=O)c1ccc(C)cc1. The highest BCUT2D eigenvalue weighted by molar-refractivity contribution is 7.92. The molecule has 3 aromatic carbocycles. The number of nitrogens with zero attached hydrogens (tertiary/aromatic N) is 1. The number of hydrogen-bond acceptors (Lipinski definition) is 5. The molecule has 0 aromatic heterocycles. The van der Waals surface area contributed by atoms with Gasteiger partial charge in [-0.1, -0.05) is 53.6 Å². The molecule has 0 fully saturated rings. The molecule has 0 aliphatic heterocycles. The normalized spacial score (nSPS) is 12.4. The van der Waals surface area contributed by atoms with Crippen molar-refractivity contribution >= 4 is 31.4 Å². The number of aryl methyl sites for hydroxylation is 2. The summed E-state index contributed by atoms with van der Waals surface area (Å²) in [5.41, 5.74) is 2.93. The van der Waals surface area contributed by atoms with E-state index in [1.54, 1.807) is 55.5 Å². The second-order valence-electron chi connectivity index (χ2n) is 7.07. The van der Waals surface area contributed by atoms with Crippen molar-refractivity contribution in [3.05, 3.63) is 89.5 Å². The van der Waals surface area contributed by atoms with E-state index in [-0.39, 0.29) is 9.79 Å². The molecule has 31 heavy (non-hydrogen) atoms. The van der Waals surface area contributed by atoms with Gasteiger partial charge in [0.05, 0.1) is 21.2 Å². The Morgan fingerprint density at radius 1 is 0.710 bits per heavy atom. The molecule has 0 spiro atoms. The van der Waals surface area contributed by atoms with E-state index < -0.39 is 20.0 Å². The monoisotopic (exact) mass is 457 g/mol. The summed E-state index contributed by atoms with van der Waals surface area (Å²) in [5, 5.41) is 3.98. The summed E-state index contributed by atoms with van der Waals surface area (Å²) >= 11 is 0. The fourth-order valence-electron chi connectivity index (χ4n) is 2.77. The lowest BCUT2D eigenvalue weighted by atomic mass is 10.1. The Bertz CT molecular complexity index is 1310. The predicted octanol–water partition coefficient (Wildman–Crippen LogP) is 3.81. The molecule has 0 aliphatic rings. The van der Waals surface area contributed by atoms with Crippen molar-refractivity contribution in [3.63, 3.8) is 0 Å². The third-order valence-electron chi connectivity index (χ3n) is 4.56. The number of para-hydroxylation sites is 1. The van der Waals surface area contributed by atoms with Crippen LogP contribution in [0.15, 0.2) is 87.7 Å². The van der Waals surface area contributed by atoms with Gasteiger partial charge in [-0.3, -0.25) is 4.72 Å². The van der Waals surface area contributed by atoms with Crippen molar-refractivity contribution in [2.45, 2.75) is 30.6 Å². The largest absolute Gasteiger partial charge is 0.279 e. The van der Waals surface area contributed by atoms with Gasteiger partial charge in [0.25, 0.3) is 20.0 Å². The van der Waals surface area contributed by atoms with Crippen molar-refractivity contribution < 1.29 is 16.8 Å². The highest BCUT2D eigenvalue weighted by Crippen LogP contribution is 2.21. The van der Waals surface area contributed by atoms with Crippen LogP contribution in [0, 0.1) is 13.8 Å². The van der Waals surface area contributed by atoms with Crippen molar-refractivity contribution in [1.82, 2.24) is 4.83 Å². The fourth-order valence-corrected chi connectivity index (χ4v) is 4.70. The highest BCUT2D eigenvalue weighted by Gasteiger charge is 2.17. The van der Waals surface area contributed by atoms with Gasteiger partial charge in [-0.05, 0) is 51.1 Å². The minimum atomic E-state index is -3.85. The quantitative estimate of drug-likeness (QED) is 0.416. The van der Waals surface area contributed by atoms with Gasteiger partial charge in [0, 0.05) is 5.56 Å². The summed E-state index contributed by atoms with van der Waals surface area (Å²) in [6.07, 6.45) is 0. The summed E-state index contributed by atoms with van der Waals surface area (Å²) in [4.78, 5) is 2.42. The van der Waals surface area contributed by atoms with Crippen molar-refractivity contribution in [2.24, 2.45) is 5.10 Å². The average Bonchev–Trinajstić information content (AvgIpc) is 2.73. The first kappa shape index (κ1) is 22.5. The Morgan fingerprint density at radius 2 is 1.19 bits per heavy atom. The van der Waals surface area contributed by atoms with E-state index in [1.807, 2.05) is 13.8 Å². The van der Waals surface area contributed by atoms with Crippen LogP contribution in [0.3, 0.4) is 0 Å². The van der Waals surface area contributed by atoms with E-state index in [4.69, 9.17) is 0 Å². The second-order valence-corrected chi connectivity index (χ2v) is 10.4. The van der Waals surface area contributed by atoms with Gasteiger partial charge in [0.15, 0.2) is 0 Å². The third-order valence-corrected chi connectivity index (χ3v) is 7.16. The molecule has 9 heteroatoms. The van der Waals surface area contributed by atoms with Crippen LogP contribution in [0.25, 0.3) is 0 Å². The van der Waals surface area contributed by atoms with E-state index in [1.165, 1.54) is 24.3 Å². The molecule has 2 N–H and O–H groups in total. The summed E-state index contributed by atoms with van der Waals surface area (Å²) in [7, 11) is -7.67. The molecular formula is C22H23N3O4S2.